The molecule has 0 spiro atoms. The molecule has 0 bridgehead atoms. The summed E-state index contributed by atoms with van der Waals surface area (Å²) in [7, 11) is -3.74. The maximum atomic E-state index is 11.6. The van der Waals surface area contributed by atoms with Crippen LogP contribution in [0.15, 0.2) is 143 Å². The predicted octanol–water partition coefficient (Wildman–Crippen LogP) is 14.2. The van der Waals surface area contributed by atoms with E-state index >= 15 is 0 Å². The molecule has 2 saturated carbocycles. The van der Waals surface area contributed by atoms with Gasteiger partial charge in [0.05, 0.1) is 44.7 Å². The van der Waals surface area contributed by atoms with E-state index < -0.39 is 21.9 Å². The SMILES string of the molecule is C/C=C\C(C)/C(C)=C/C=NCC.CC.CC(C)(F)F.Cc1cc(-c2cc(C3CC3)nn2-c2ccc(C(=O)NO)cc2)ccc1Cl.Cc1ccc(-c2ccn[nH]2)cc1-c1cc(C2CC2)nn1-c1ccc(S(N)(=O)=O)cc1. The third kappa shape index (κ3) is 17.4. The van der Waals surface area contributed by atoms with Crippen LogP contribution in [0.1, 0.15) is 126 Å². The molecule has 0 aliphatic heterocycles. The molecular formula is C58H70ClF2N9O4S. The number of hydrogen-bond donors (Lipinski definition) is 4. The molecule has 13 nitrogen and oxygen atoms in total. The van der Waals surface area contributed by atoms with Crippen LogP contribution in [0.5, 0.6) is 0 Å². The minimum atomic E-state index is -3.74. The van der Waals surface area contributed by atoms with Crippen LogP contribution in [0, 0.1) is 19.8 Å². The van der Waals surface area contributed by atoms with Crippen molar-refractivity contribution in [2.24, 2.45) is 16.0 Å². The van der Waals surface area contributed by atoms with E-state index in [1.807, 2.05) is 80.5 Å². The first-order chi connectivity index (χ1) is 35.7. The van der Waals surface area contributed by atoms with Crippen LogP contribution in [0.25, 0.3) is 45.1 Å². The maximum Gasteiger partial charge on any atom is 0.274 e. The van der Waals surface area contributed by atoms with Crippen molar-refractivity contribution in [2.45, 2.75) is 118 Å². The van der Waals surface area contributed by atoms with Crippen LogP contribution in [-0.4, -0.2) is 68.0 Å². The summed E-state index contributed by atoms with van der Waals surface area (Å²) in [4.78, 5) is 15.7. The van der Waals surface area contributed by atoms with E-state index in [4.69, 9.17) is 32.1 Å². The first kappa shape index (κ1) is 59.0. The average Bonchev–Trinajstić information content (AvgIpc) is 4.27. The Kier molecular flexibility index (Phi) is 21.3. The van der Waals surface area contributed by atoms with Gasteiger partial charge in [-0.25, -0.2) is 37.2 Å². The Hall–Kier alpha value is -6.85. The number of aromatic amines is 1. The standard InChI is InChI=1S/C22H21N5O2S.C20H18ClN3O2.C11H19N.C3H6F2.C2H6/c1-14-2-3-16(20-10-11-24-25-20)12-19(14)22-13-21(15-4-5-15)26-27(22)17-6-8-18(9-7-17)30(23,28)29;1-12-10-15(6-9-17(12)21)19-11-18(13-2-3-13)22-24(19)16-7-4-14(5-8-16)20(25)23-26;1-5-7-10(3)11(4)8-9-12-6-2;1-3(2,4)5;1-2/h2-3,6-13,15H,4-5H2,1H3,(H,24,25)(H2,23,28,29);4-11,13,26H,2-3H2,1H3,(H,23,25);5,7-10H,6H2,1-4H3;1-2H3;1-2H3/b;;7-5-,11-8+,12-9?;;. The van der Waals surface area contributed by atoms with Gasteiger partial charge in [-0.1, -0.05) is 68.3 Å². The zero-order valence-corrected chi connectivity index (χ0v) is 46.0. The lowest BCUT2D eigenvalue weighted by molar-refractivity contribution is 0.0437. The smallest absolute Gasteiger partial charge is 0.274 e. The normalized spacial score (nSPS) is 13.9. The van der Waals surface area contributed by atoms with Gasteiger partial charge < -0.3 is 0 Å². The number of nitrogens with zero attached hydrogens (tertiary/aromatic N) is 6. The number of carbonyl (C=O) groups is 1. The molecule has 4 aromatic carbocycles. The summed E-state index contributed by atoms with van der Waals surface area (Å²) in [6, 6.07) is 31.9. The van der Waals surface area contributed by atoms with E-state index in [9.17, 15) is 22.0 Å². The number of amides is 1. The second kappa shape index (κ2) is 27.1. The Labute approximate surface area is 445 Å². The van der Waals surface area contributed by atoms with Crippen molar-refractivity contribution in [1.29, 1.82) is 0 Å². The lowest BCUT2D eigenvalue weighted by Crippen LogP contribution is -2.18. The number of H-pyrrole nitrogens is 1. The van der Waals surface area contributed by atoms with Gasteiger partial charge in [-0.2, -0.15) is 15.3 Å². The molecule has 75 heavy (non-hydrogen) atoms. The van der Waals surface area contributed by atoms with Crippen molar-refractivity contribution in [3.63, 3.8) is 0 Å². The van der Waals surface area contributed by atoms with Crippen molar-refractivity contribution in [1.82, 2.24) is 35.2 Å². The summed E-state index contributed by atoms with van der Waals surface area (Å²) in [5.41, 5.74) is 15.4. The number of aliphatic imine (C=N–C) groups is 1. The van der Waals surface area contributed by atoms with Crippen molar-refractivity contribution in [2.75, 3.05) is 6.54 Å². The lowest BCUT2D eigenvalue weighted by atomic mass is 10.00. The zero-order chi connectivity index (χ0) is 55.0. The number of nitrogens with two attached hydrogens (primary N) is 1. The van der Waals surface area contributed by atoms with Crippen molar-refractivity contribution in [3.05, 3.63) is 166 Å². The van der Waals surface area contributed by atoms with Gasteiger partial charge >= 0.3 is 0 Å². The maximum absolute atomic E-state index is 11.6. The molecule has 3 aromatic heterocycles. The van der Waals surface area contributed by atoms with E-state index in [-0.39, 0.29) is 4.90 Å². The highest BCUT2D eigenvalue weighted by Gasteiger charge is 2.29. The number of rotatable bonds is 13. The number of allylic oxidation sites excluding steroid dienone is 4. The number of carbonyl (C=O) groups excluding carboxylic acids is 1. The monoisotopic (exact) mass is 1060 g/mol. The third-order valence-electron chi connectivity index (χ3n) is 11.9. The molecule has 1 unspecified atom stereocenters. The summed E-state index contributed by atoms with van der Waals surface area (Å²) in [6.07, 6.45) is 14.6. The number of alkyl halides is 2. The third-order valence-corrected chi connectivity index (χ3v) is 13.3. The van der Waals surface area contributed by atoms with Gasteiger partial charge in [0.1, 0.15) is 0 Å². The lowest BCUT2D eigenvalue weighted by Gasteiger charge is -2.12. The Bertz CT molecular complexity index is 3160. The van der Waals surface area contributed by atoms with Gasteiger partial charge in [-0.15, -0.1) is 0 Å². The number of aryl methyl sites for hydroxylation is 2. The van der Waals surface area contributed by atoms with E-state index in [0.29, 0.717) is 23.3 Å². The van der Waals surface area contributed by atoms with Crippen LogP contribution >= 0.6 is 11.6 Å². The summed E-state index contributed by atoms with van der Waals surface area (Å²) in [5.74, 6) is -1.49. The molecule has 1 atom stereocenters. The fraction of sp³-hybridized carbons (Fsp3) is 0.328. The first-order valence-electron chi connectivity index (χ1n) is 25.1. The quantitative estimate of drug-likeness (QED) is 0.0383. The number of hydroxylamine groups is 1. The first-order valence-corrected chi connectivity index (χ1v) is 27.0. The molecule has 1 amide bonds. The Balaban J connectivity index is 0.000000210. The minimum Gasteiger partial charge on any atom is -0.293 e. The second-order valence-electron chi connectivity index (χ2n) is 18.5. The van der Waals surface area contributed by atoms with Crippen LogP contribution < -0.4 is 10.6 Å². The average molecular weight is 1060 g/mol. The molecular weight excluding hydrogens is 992 g/mol. The molecule has 3 heterocycles. The van der Waals surface area contributed by atoms with Crippen LogP contribution in [0.2, 0.25) is 5.02 Å². The fourth-order valence-corrected chi connectivity index (χ4v) is 8.13. The zero-order valence-electron chi connectivity index (χ0n) is 44.4. The molecule has 0 saturated heterocycles. The number of primary sulfonamides is 1. The number of aromatic nitrogens is 6. The van der Waals surface area contributed by atoms with Crippen LogP contribution in [-0.2, 0) is 10.0 Å². The van der Waals surface area contributed by atoms with Gasteiger partial charge in [0.2, 0.25) is 15.9 Å². The summed E-state index contributed by atoms with van der Waals surface area (Å²) >= 11 is 6.17. The highest BCUT2D eigenvalue weighted by atomic mass is 35.5. The van der Waals surface area contributed by atoms with E-state index in [0.717, 1.165) is 106 Å². The van der Waals surface area contributed by atoms with Gasteiger partial charge in [-0.3, -0.25) is 20.1 Å². The highest BCUT2D eigenvalue weighted by Crippen LogP contribution is 2.43. The largest absolute Gasteiger partial charge is 0.293 e. The van der Waals surface area contributed by atoms with E-state index in [2.05, 4.69) is 90.6 Å². The summed E-state index contributed by atoms with van der Waals surface area (Å²) in [6.45, 7) is 19.0. The molecule has 9 rings (SSSR count). The van der Waals surface area contributed by atoms with E-state index in [1.54, 1.807) is 35.9 Å². The fourth-order valence-electron chi connectivity index (χ4n) is 7.50. The molecule has 398 valence electrons. The predicted molar refractivity (Wildman–Crippen MR) is 299 cm³/mol. The number of hydrogen-bond acceptors (Lipinski definition) is 8. The molecule has 17 heteroatoms. The minimum absolute atomic E-state index is 0.0831. The van der Waals surface area contributed by atoms with Gasteiger partial charge in [0, 0.05) is 58.1 Å². The van der Waals surface area contributed by atoms with Crippen molar-refractivity contribution >= 4 is 33.7 Å². The van der Waals surface area contributed by atoms with Gasteiger partial charge in [-0.05, 0) is 182 Å². The second-order valence-corrected chi connectivity index (χ2v) is 20.4. The van der Waals surface area contributed by atoms with Crippen LogP contribution in [0.3, 0.4) is 0 Å². The number of nitrogens with one attached hydrogen (secondary N) is 2. The number of benzene rings is 4. The van der Waals surface area contributed by atoms with Crippen molar-refractivity contribution in [3.8, 4) is 45.1 Å². The number of sulfonamides is 1. The Morgan fingerprint density at radius 2 is 1.41 bits per heavy atom. The molecule has 2 aliphatic carbocycles. The van der Waals surface area contributed by atoms with Crippen LogP contribution in [0.4, 0.5) is 8.78 Å². The Morgan fingerprint density at radius 1 is 0.867 bits per heavy atom. The van der Waals surface area contributed by atoms with Gasteiger partial charge in [0.25, 0.3) is 5.91 Å². The molecule has 0 radical (unpaired) electrons. The van der Waals surface area contributed by atoms with Crippen molar-refractivity contribution < 1.29 is 27.2 Å². The summed E-state index contributed by atoms with van der Waals surface area (Å²) in [5, 5.41) is 31.5. The topological polar surface area (TPSA) is 186 Å². The molecule has 2 aliphatic rings. The molecule has 2 fully saturated rings. The molecule has 7 aromatic rings. The summed E-state index contributed by atoms with van der Waals surface area (Å²) < 4.78 is 49.1. The highest BCUT2D eigenvalue weighted by molar-refractivity contribution is 7.89. The van der Waals surface area contributed by atoms with Gasteiger partial charge in [0.15, 0.2) is 0 Å². The molecule has 5 N–H and O–H groups in total. The number of halogens is 3. The van der Waals surface area contributed by atoms with E-state index in [1.165, 1.54) is 30.5 Å². The Morgan fingerprint density at radius 3 is 1.91 bits per heavy atom.